The van der Waals surface area contributed by atoms with Crippen LogP contribution >= 0.6 is 0 Å². The molecule has 0 aliphatic heterocycles. The lowest BCUT2D eigenvalue weighted by Gasteiger charge is -2.13. The lowest BCUT2D eigenvalue weighted by molar-refractivity contribution is 0.0951. The maximum Gasteiger partial charge on any atom is 0.294 e. The molecule has 1 amide bonds. The van der Waals surface area contributed by atoms with Gasteiger partial charge in [0, 0.05) is 31.4 Å². The smallest absolute Gasteiger partial charge is 0.294 e. The van der Waals surface area contributed by atoms with Gasteiger partial charge >= 0.3 is 0 Å². The van der Waals surface area contributed by atoms with Crippen molar-refractivity contribution in [1.82, 2.24) is 20.0 Å². The summed E-state index contributed by atoms with van der Waals surface area (Å²) in [4.78, 5) is 26.8. The van der Waals surface area contributed by atoms with Crippen molar-refractivity contribution in [1.29, 1.82) is 0 Å². The zero-order valence-corrected chi connectivity index (χ0v) is 17.3. The Kier molecular flexibility index (Phi) is 6.82. The number of benzene rings is 2. The Bertz CT molecular complexity index is 1050. The van der Waals surface area contributed by atoms with E-state index >= 15 is 0 Å². The first-order valence-electron chi connectivity index (χ1n) is 9.53. The molecule has 0 fully saturated rings. The number of ether oxygens (including phenoxy) is 1. The van der Waals surface area contributed by atoms with E-state index in [0.29, 0.717) is 29.3 Å². The number of amides is 1. The van der Waals surface area contributed by atoms with Crippen LogP contribution in [0, 0.1) is 0 Å². The quantitative estimate of drug-likeness (QED) is 0.597. The number of aromatic nitrogens is 2. The van der Waals surface area contributed by atoms with E-state index in [1.165, 1.54) is 10.9 Å². The Balaban J connectivity index is 1.76. The molecule has 0 saturated carbocycles. The molecular weight excluding hydrogens is 382 g/mol. The molecule has 0 bridgehead atoms. The summed E-state index contributed by atoms with van der Waals surface area (Å²) >= 11 is 0. The minimum atomic E-state index is -0.325. The van der Waals surface area contributed by atoms with Gasteiger partial charge in [-0.3, -0.25) is 9.59 Å². The van der Waals surface area contributed by atoms with E-state index < -0.39 is 0 Å². The highest BCUT2D eigenvalue weighted by molar-refractivity contribution is 5.94. The minimum absolute atomic E-state index is 0.142. The van der Waals surface area contributed by atoms with Crippen LogP contribution in [0.4, 0.5) is 11.4 Å². The molecule has 0 aliphatic rings. The molecule has 30 heavy (non-hydrogen) atoms. The highest BCUT2D eigenvalue weighted by atomic mass is 16.5. The van der Waals surface area contributed by atoms with Gasteiger partial charge in [-0.15, -0.1) is 0 Å². The highest BCUT2D eigenvalue weighted by Crippen LogP contribution is 2.28. The van der Waals surface area contributed by atoms with Crippen molar-refractivity contribution >= 4 is 17.3 Å². The van der Waals surface area contributed by atoms with Crippen LogP contribution < -0.4 is 20.9 Å². The van der Waals surface area contributed by atoms with Crippen LogP contribution in [-0.2, 0) is 7.05 Å². The number of rotatable bonds is 8. The third-order valence-corrected chi connectivity index (χ3v) is 4.33. The van der Waals surface area contributed by atoms with Gasteiger partial charge in [0.05, 0.1) is 6.20 Å². The van der Waals surface area contributed by atoms with Crippen LogP contribution in [0.5, 0.6) is 11.5 Å². The average molecular weight is 407 g/mol. The van der Waals surface area contributed by atoms with Crippen molar-refractivity contribution in [3.05, 3.63) is 76.7 Å². The predicted octanol–water partition coefficient (Wildman–Crippen LogP) is 2.61. The lowest BCUT2D eigenvalue weighted by Crippen LogP contribution is -2.31. The lowest BCUT2D eigenvalue weighted by atomic mass is 10.2. The summed E-state index contributed by atoms with van der Waals surface area (Å²) in [5.41, 5.74) is 1.14. The third kappa shape index (κ3) is 5.45. The van der Waals surface area contributed by atoms with Gasteiger partial charge in [-0.25, -0.2) is 4.68 Å². The summed E-state index contributed by atoms with van der Waals surface area (Å²) in [6, 6.07) is 16.1. The molecular formula is C22H25N5O3. The van der Waals surface area contributed by atoms with Gasteiger partial charge in [0.2, 0.25) is 0 Å². The molecule has 8 heteroatoms. The monoisotopic (exact) mass is 407 g/mol. The number of aryl methyl sites for hydroxylation is 1. The van der Waals surface area contributed by atoms with Gasteiger partial charge in [-0.2, -0.15) is 5.10 Å². The summed E-state index contributed by atoms with van der Waals surface area (Å²) in [5, 5.41) is 10.00. The number of hydrogen-bond acceptors (Lipinski definition) is 6. The zero-order valence-electron chi connectivity index (χ0n) is 17.3. The minimum Gasteiger partial charge on any atom is -0.453 e. The SMILES string of the molecule is CN(C)CCNC(=O)c1ccc(Nc2c(Oc3ccccc3)cnn(C)c2=O)cc1. The van der Waals surface area contributed by atoms with E-state index in [2.05, 4.69) is 15.7 Å². The molecule has 8 nitrogen and oxygen atoms in total. The number of carbonyl (C=O) groups excluding carboxylic acids is 1. The van der Waals surface area contributed by atoms with Crippen LogP contribution in [0.25, 0.3) is 0 Å². The van der Waals surface area contributed by atoms with E-state index in [-0.39, 0.29) is 17.2 Å². The third-order valence-electron chi connectivity index (χ3n) is 4.33. The summed E-state index contributed by atoms with van der Waals surface area (Å²) < 4.78 is 7.07. The van der Waals surface area contributed by atoms with E-state index in [1.54, 1.807) is 43.4 Å². The largest absolute Gasteiger partial charge is 0.453 e. The average Bonchev–Trinajstić information content (AvgIpc) is 2.74. The molecule has 156 valence electrons. The molecule has 0 spiro atoms. The maximum atomic E-state index is 12.6. The number of anilines is 2. The summed E-state index contributed by atoms with van der Waals surface area (Å²) in [6.07, 6.45) is 1.49. The van der Waals surface area contributed by atoms with Crippen LogP contribution in [0.15, 0.2) is 65.6 Å². The van der Waals surface area contributed by atoms with Crippen LogP contribution in [0.1, 0.15) is 10.4 Å². The first-order valence-corrected chi connectivity index (χ1v) is 9.53. The van der Waals surface area contributed by atoms with Gasteiger partial charge in [0.1, 0.15) is 5.75 Å². The van der Waals surface area contributed by atoms with Crippen LogP contribution in [0.3, 0.4) is 0 Å². The first-order chi connectivity index (χ1) is 14.4. The standard InChI is InChI=1S/C22H25N5O3/c1-26(2)14-13-23-21(28)16-9-11-17(12-10-16)25-20-19(15-24-27(3)22(20)29)30-18-7-5-4-6-8-18/h4-12,15,25H,13-14H2,1-3H3,(H,23,28). The molecule has 0 unspecified atom stereocenters. The second-order valence-corrected chi connectivity index (χ2v) is 6.99. The van der Waals surface area contributed by atoms with Crippen LogP contribution in [-0.4, -0.2) is 47.8 Å². The molecule has 2 aromatic carbocycles. The Morgan fingerprint density at radius 3 is 2.47 bits per heavy atom. The number of likely N-dealkylation sites (N-methyl/N-ethyl adjacent to an activating group) is 1. The maximum absolute atomic E-state index is 12.6. The second kappa shape index (κ2) is 9.71. The number of nitrogens with zero attached hydrogens (tertiary/aromatic N) is 3. The first kappa shape index (κ1) is 21.1. The van der Waals surface area contributed by atoms with Crippen molar-refractivity contribution in [3.8, 4) is 11.5 Å². The normalized spacial score (nSPS) is 10.7. The molecule has 1 aromatic heterocycles. The Labute approximate surface area is 175 Å². The van der Waals surface area contributed by atoms with Crippen LogP contribution in [0.2, 0.25) is 0 Å². The molecule has 3 aromatic rings. The Morgan fingerprint density at radius 2 is 1.80 bits per heavy atom. The number of nitrogens with one attached hydrogen (secondary N) is 2. The zero-order chi connectivity index (χ0) is 21.5. The van der Waals surface area contributed by atoms with Crippen molar-refractivity contribution < 1.29 is 9.53 Å². The molecule has 3 rings (SSSR count). The number of carbonyl (C=O) groups is 1. The Hall–Kier alpha value is -3.65. The predicted molar refractivity (Wildman–Crippen MR) is 117 cm³/mol. The molecule has 1 heterocycles. The fourth-order valence-electron chi connectivity index (χ4n) is 2.68. The van der Waals surface area contributed by atoms with Crippen molar-refractivity contribution in [3.63, 3.8) is 0 Å². The molecule has 0 atom stereocenters. The van der Waals surface area contributed by atoms with E-state index in [9.17, 15) is 9.59 Å². The summed E-state index contributed by atoms with van der Waals surface area (Å²) in [7, 11) is 5.47. The van der Waals surface area contributed by atoms with Crippen molar-refractivity contribution in [2.75, 3.05) is 32.5 Å². The van der Waals surface area contributed by atoms with Crippen molar-refractivity contribution in [2.45, 2.75) is 0 Å². The van der Waals surface area contributed by atoms with E-state index in [4.69, 9.17) is 4.74 Å². The summed E-state index contributed by atoms with van der Waals surface area (Å²) in [6.45, 7) is 1.33. The molecule has 0 radical (unpaired) electrons. The molecule has 2 N–H and O–H groups in total. The molecule has 0 aliphatic carbocycles. The van der Waals surface area contributed by atoms with Gasteiger partial charge in [0.25, 0.3) is 11.5 Å². The highest BCUT2D eigenvalue weighted by Gasteiger charge is 2.13. The fraction of sp³-hybridized carbons (Fsp3) is 0.227. The number of hydrogen-bond donors (Lipinski definition) is 2. The van der Waals surface area contributed by atoms with Gasteiger partial charge in [-0.1, -0.05) is 18.2 Å². The van der Waals surface area contributed by atoms with Crippen molar-refractivity contribution in [2.24, 2.45) is 7.05 Å². The Morgan fingerprint density at radius 1 is 1.10 bits per heavy atom. The van der Waals surface area contributed by atoms with Gasteiger partial charge in [-0.05, 0) is 50.5 Å². The van der Waals surface area contributed by atoms with E-state index in [1.807, 2.05) is 37.2 Å². The summed E-state index contributed by atoms with van der Waals surface area (Å²) in [5.74, 6) is 0.770. The fourth-order valence-corrected chi connectivity index (χ4v) is 2.68. The van der Waals surface area contributed by atoms with Gasteiger partial charge in [0.15, 0.2) is 11.4 Å². The number of para-hydroxylation sites is 1. The topological polar surface area (TPSA) is 88.5 Å². The molecule has 0 saturated heterocycles. The second-order valence-electron chi connectivity index (χ2n) is 6.99. The van der Waals surface area contributed by atoms with E-state index in [0.717, 1.165) is 6.54 Å². The van der Waals surface area contributed by atoms with Gasteiger partial charge < -0.3 is 20.3 Å².